The first kappa shape index (κ1) is 14.7. The third kappa shape index (κ3) is 3.65. The third-order valence-electron chi connectivity index (χ3n) is 3.94. The smallest absolute Gasteiger partial charge is 0.317 e. The molecule has 0 unspecified atom stereocenters. The second kappa shape index (κ2) is 7.17. The van der Waals surface area contributed by atoms with Crippen molar-refractivity contribution in [1.29, 1.82) is 0 Å². The zero-order chi connectivity index (χ0) is 14.4. The van der Waals surface area contributed by atoms with Crippen LogP contribution in [0.2, 0.25) is 0 Å². The Morgan fingerprint density at radius 2 is 2.10 bits per heavy atom. The average molecular weight is 276 g/mol. The van der Waals surface area contributed by atoms with E-state index >= 15 is 0 Å². The van der Waals surface area contributed by atoms with Crippen LogP contribution < -0.4 is 10.1 Å². The highest BCUT2D eigenvalue weighted by Gasteiger charge is 2.19. The van der Waals surface area contributed by atoms with Crippen LogP contribution in [-0.4, -0.2) is 30.6 Å². The Labute approximate surface area is 121 Å². The normalized spacial score (nSPS) is 14.4. The van der Waals surface area contributed by atoms with Gasteiger partial charge in [0.05, 0.1) is 13.1 Å². The SMILES string of the molecule is CCC(CC)CNC(=O)N1CCOc2ccccc2C1. The zero-order valence-corrected chi connectivity index (χ0v) is 12.4. The summed E-state index contributed by atoms with van der Waals surface area (Å²) in [6.07, 6.45) is 2.20. The summed E-state index contributed by atoms with van der Waals surface area (Å²) in [5, 5.41) is 3.04. The van der Waals surface area contributed by atoms with E-state index < -0.39 is 0 Å². The second-order valence-corrected chi connectivity index (χ2v) is 5.25. The number of para-hydroxylation sites is 1. The highest BCUT2D eigenvalue weighted by atomic mass is 16.5. The Hall–Kier alpha value is -1.71. The van der Waals surface area contributed by atoms with E-state index in [1.807, 2.05) is 29.2 Å². The number of rotatable bonds is 4. The van der Waals surface area contributed by atoms with Gasteiger partial charge >= 0.3 is 6.03 Å². The molecule has 0 saturated carbocycles. The number of hydrogen-bond donors (Lipinski definition) is 1. The lowest BCUT2D eigenvalue weighted by Crippen LogP contribution is -2.42. The Morgan fingerprint density at radius 3 is 2.85 bits per heavy atom. The molecule has 4 nitrogen and oxygen atoms in total. The molecule has 0 aliphatic carbocycles. The quantitative estimate of drug-likeness (QED) is 0.918. The number of nitrogens with one attached hydrogen (secondary N) is 1. The highest BCUT2D eigenvalue weighted by Crippen LogP contribution is 2.22. The molecule has 4 heteroatoms. The Bertz CT molecular complexity index is 444. The molecule has 0 radical (unpaired) electrons. The van der Waals surface area contributed by atoms with Crippen LogP contribution >= 0.6 is 0 Å². The topological polar surface area (TPSA) is 41.6 Å². The summed E-state index contributed by atoms with van der Waals surface area (Å²) in [5.41, 5.74) is 1.07. The van der Waals surface area contributed by atoms with Crippen molar-refractivity contribution in [3.63, 3.8) is 0 Å². The first-order chi connectivity index (χ1) is 9.74. The van der Waals surface area contributed by atoms with Crippen molar-refractivity contribution in [2.24, 2.45) is 5.92 Å². The molecule has 1 aliphatic heterocycles. The van der Waals surface area contributed by atoms with Gasteiger partial charge in [-0.3, -0.25) is 0 Å². The number of carbonyl (C=O) groups is 1. The summed E-state index contributed by atoms with van der Waals surface area (Å²) in [7, 11) is 0. The molecule has 0 aromatic heterocycles. The van der Waals surface area contributed by atoms with Crippen molar-refractivity contribution in [3.05, 3.63) is 29.8 Å². The van der Waals surface area contributed by atoms with Crippen molar-refractivity contribution in [2.45, 2.75) is 33.2 Å². The molecule has 1 aromatic carbocycles. The van der Waals surface area contributed by atoms with Crippen molar-refractivity contribution >= 4 is 6.03 Å². The van der Waals surface area contributed by atoms with E-state index in [0.29, 0.717) is 25.6 Å². The molecule has 1 N–H and O–H groups in total. The van der Waals surface area contributed by atoms with E-state index in [1.165, 1.54) is 0 Å². The van der Waals surface area contributed by atoms with Gasteiger partial charge in [-0.05, 0) is 12.0 Å². The molecule has 0 atom stereocenters. The van der Waals surface area contributed by atoms with Gasteiger partial charge in [0.2, 0.25) is 0 Å². The largest absolute Gasteiger partial charge is 0.491 e. The summed E-state index contributed by atoms with van der Waals surface area (Å²) in [5.74, 6) is 1.46. The second-order valence-electron chi connectivity index (χ2n) is 5.25. The van der Waals surface area contributed by atoms with Crippen molar-refractivity contribution < 1.29 is 9.53 Å². The van der Waals surface area contributed by atoms with Crippen LogP contribution in [0, 0.1) is 5.92 Å². The van der Waals surface area contributed by atoms with E-state index in [2.05, 4.69) is 19.2 Å². The first-order valence-electron chi connectivity index (χ1n) is 7.48. The van der Waals surface area contributed by atoms with Gasteiger partial charge in [0.1, 0.15) is 12.4 Å². The molecule has 2 rings (SSSR count). The predicted molar refractivity (Wildman–Crippen MR) is 79.8 cm³/mol. The van der Waals surface area contributed by atoms with Crippen LogP contribution in [0.4, 0.5) is 4.79 Å². The summed E-state index contributed by atoms with van der Waals surface area (Å²) < 4.78 is 5.68. The molecular formula is C16H24N2O2. The number of benzene rings is 1. The fourth-order valence-electron chi connectivity index (χ4n) is 2.42. The maximum atomic E-state index is 12.3. The average Bonchev–Trinajstić information content (AvgIpc) is 2.70. The first-order valence-corrected chi connectivity index (χ1v) is 7.48. The van der Waals surface area contributed by atoms with E-state index in [-0.39, 0.29) is 6.03 Å². The van der Waals surface area contributed by atoms with E-state index in [1.54, 1.807) is 0 Å². The minimum Gasteiger partial charge on any atom is -0.491 e. The van der Waals surface area contributed by atoms with Crippen molar-refractivity contribution in [3.8, 4) is 5.75 Å². The van der Waals surface area contributed by atoms with Gasteiger partial charge in [-0.1, -0.05) is 44.9 Å². The molecule has 110 valence electrons. The minimum absolute atomic E-state index is 0.0113. The van der Waals surface area contributed by atoms with Crippen LogP contribution in [0.15, 0.2) is 24.3 Å². The van der Waals surface area contributed by atoms with Crippen LogP contribution in [0.25, 0.3) is 0 Å². The van der Waals surface area contributed by atoms with Gasteiger partial charge in [-0.15, -0.1) is 0 Å². The summed E-state index contributed by atoms with van der Waals surface area (Å²) in [4.78, 5) is 14.1. The van der Waals surface area contributed by atoms with Crippen LogP contribution in [0.1, 0.15) is 32.3 Å². The third-order valence-corrected chi connectivity index (χ3v) is 3.94. The zero-order valence-electron chi connectivity index (χ0n) is 12.4. The van der Waals surface area contributed by atoms with E-state index in [9.17, 15) is 4.79 Å². The molecule has 0 spiro atoms. The monoisotopic (exact) mass is 276 g/mol. The number of hydrogen-bond acceptors (Lipinski definition) is 2. The number of amides is 2. The lowest BCUT2D eigenvalue weighted by molar-refractivity contribution is 0.185. The van der Waals surface area contributed by atoms with Crippen molar-refractivity contribution in [1.82, 2.24) is 10.2 Å². The number of nitrogens with zero attached hydrogens (tertiary/aromatic N) is 1. The van der Waals surface area contributed by atoms with E-state index in [4.69, 9.17) is 4.74 Å². The fourth-order valence-corrected chi connectivity index (χ4v) is 2.42. The molecule has 0 saturated heterocycles. The summed E-state index contributed by atoms with van der Waals surface area (Å²) in [6, 6.07) is 7.93. The molecule has 1 aromatic rings. The van der Waals surface area contributed by atoms with Gasteiger partial charge in [-0.25, -0.2) is 4.79 Å². The predicted octanol–water partition coefficient (Wildman–Crippen LogP) is 3.03. The lowest BCUT2D eigenvalue weighted by atomic mass is 10.0. The van der Waals surface area contributed by atoms with Gasteiger partial charge < -0.3 is 15.0 Å². The van der Waals surface area contributed by atoms with E-state index in [0.717, 1.165) is 30.7 Å². The standard InChI is InChI=1S/C16H24N2O2/c1-3-13(4-2)11-17-16(19)18-9-10-20-15-8-6-5-7-14(15)12-18/h5-8,13H,3-4,9-12H2,1-2H3,(H,17,19). The van der Waals surface area contributed by atoms with Crippen LogP contribution in [0.3, 0.4) is 0 Å². The summed E-state index contributed by atoms with van der Waals surface area (Å²) >= 11 is 0. The molecular weight excluding hydrogens is 252 g/mol. The molecule has 1 aliphatic rings. The van der Waals surface area contributed by atoms with Crippen LogP contribution in [0.5, 0.6) is 5.75 Å². The van der Waals surface area contributed by atoms with Gasteiger partial charge in [0.15, 0.2) is 0 Å². The minimum atomic E-state index is 0.0113. The Balaban J connectivity index is 1.94. The Morgan fingerprint density at radius 1 is 1.35 bits per heavy atom. The van der Waals surface area contributed by atoms with Gasteiger partial charge in [-0.2, -0.15) is 0 Å². The molecule has 1 heterocycles. The molecule has 0 bridgehead atoms. The maximum absolute atomic E-state index is 12.3. The number of ether oxygens (including phenoxy) is 1. The Kier molecular flexibility index (Phi) is 5.27. The number of carbonyl (C=O) groups excluding carboxylic acids is 1. The number of fused-ring (bicyclic) bond motifs is 1. The maximum Gasteiger partial charge on any atom is 0.317 e. The molecule has 2 amide bonds. The molecule has 0 fully saturated rings. The van der Waals surface area contributed by atoms with Gasteiger partial charge in [0, 0.05) is 12.1 Å². The molecule has 20 heavy (non-hydrogen) atoms. The van der Waals surface area contributed by atoms with Crippen molar-refractivity contribution in [2.75, 3.05) is 19.7 Å². The lowest BCUT2D eigenvalue weighted by Gasteiger charge is -2.22. The van der Waals surface area contributed by atoms with Crippen LogP contribution in [-0.2, 0) is 6.54 Å². The highest BCUT2D eigenvalue weighted by molar-refractivity contribution is 5.74. The summed E-state index contributed by atoms with van der Waals surface area (Å²) in [6.45, 7) is 6.88. The van der Waals surface area contributed by atoms with Gasteiger partial charge in [0.25, 0.3) is 0 Å². The number of urea groups is 1. The fraction of sp³-hybridized carbons (Fsp3) is 0.562.